The Kier molecular flexibility index (Phi) is 8.44. The standard InChI is InChI=1S/C29H33NO6/c1-20-23-13-15-25(35-19-7-18-30-16-5-4-6-17-30)26(28(23)36-27(20)29(32)34-3)24(31)14-10-21-8-11-22(33-2)12-9-21/h8-15H,4-7,16-19H2,1-3H3/b14-10+. The summed E-state index contributed by atoms with van der Waals surface area (Å²) in [5.74, 6) is 0.413. The maximum absolute atomic E-state index is 13.4. The van der Waals surface area contributed by atoms with Crippen molar-refractivity contribution in [2.45, 2.75) is 32.6 Å². The Hall–Kier alpha value is -3.58. The molecule has 1 fully saturated rings. The molecule has 2 aromatic carbocycles. The summed E-state index contributed by atoms with van der Waals surface area (Å²) in [6, 6.07) is 11.0. The second-order valence-corrected chi connectivity index (χ2v) is 8.94. The number of methoxy groups -OCH3 is 2. The maximum Gasteiger partial charge on any atom is 0.374 e. The Labute approximate surface area is 211 Å². The molecule has 0 bridgehead atoms. The maximum atomic E-state index is 13.4. The molecule has 190 valence electrons. The van der Waals surface area contributed by atoms with Gasteiger partial charge < -0.3 is 23.5 Å². The van der Waals surface area contributed by atoms with Crippen molar-refractivity contribution in [3.05, 3.63) is 64.9 Å². The lowest BCUT2D eigenvalue weighted by molar-refractivity contribution is 0.0566. The summed E-state index contributed by atoms with van der Waals surface area (Å²) < 4.78 is 22.1. The van der Waals surface area contributed by atoms with E-state index in [1.54, 1.807) is 26.2 Å². The van der Waals surface area contributed by atoms with Crippen molar-refractivity contribution >= 4 is 28.8 Å². The highest BCUT2D eigenvalue weighted by atomic mass is 16.5. The van der Waals surface area contributed by atoms with Crippen LogP contribution >= 0.6 is 0 Å². The quantitative estimate of drug-likeness (QED) is 0.156. The normalized spacial score (nSPS) is 14.3. The molecule has 1 aromatic heterocycles. The minimum Gasteiger partial charge on any atom is -0.497 e. The van der Waals surface area contributed by atoms with E-state index in [2.05, 4.69) is 4.90 Å². The first kappa shape index (κ1) is 25.5. The zero-order valence-electron chi connectivity index (χ0n) is 21.2. The fourth-order valence-corrected chi connectivity index (χ4v) is 4.53. The number of hydrogen-bond acceptors (Lipinski definition) is 7. The number of piperidine rings is 1. The molecule has 3 aromatic rings. The van der Waals surface area contributed by atoms with Gasteiger partial charge in [-0.3, -0.25) is 4.79 Å². The third kappa shape index (κ3) is 5.79. The predicted molar refractivity (Wildman–Crippen MR) is 139 cm³/mol. The minimum absolute atomic E-state index is 0.0860. The topological polar surface area (TPSA) is 78.2 Å². The van der Waals surface area contributed by atoms with Gasteiger partial charge in [0.15, 0.2) is 5.78 Å². The number of ketones is 1. The SMILES string of the molecule is COC(=O)c1oc2c(C(=O)/C=C/c3ccc(OC)cc3)c(OCCCN3CCCCC3)ccc2c1C. The summed E-state index contributed by atoms with van der Waals surface area (Å²) in [6.07, 6.45) is 7.88. The van der Waals surface area contributed by atoms with Crippen LogP contribution in [0.1, 0.15) is 57.7 Å². The largest absolute Gasteiger partial charge is 0.497 e. The molecule has 0 N–H and O–H groups in total. The van der Waals surface area contributed by atoms with E-state index in [-0.39, 0.29) is 11.5 Å². The van der Waals surface area contributed by atoms with Crippen molar-refractivity contribution in [1.82, 2.24) is 4.90 Å². The second-order valence-electron chi connectivity index (χ2n) is 8.94. The Balaban J connectivity index is 1.60. The highest BCUT2D eigenvalue weighted by Gasteiger charge is 2.24. The van der Waals surface area contributed by atoms with Crippen LogP contribution < -0.4 is 9.47 Å². The molecule has 0 unspecified atom stereocenters. The molecule has 7 heteroatoms. The van der Waals surface area contributed by atoms with Crippen LogP contribution in [0, 0.1) is 6.92 Å². The lowest BCUT2D eigenvalue weighted by Crippen LogP contribution is -2.31. The van der Waals surface area contributed by atoms with Crippen LogP contribution in [-0.2, 0) is 4.74 Å². The average Bonchev–Trinajstić information content (AvgIpc) is 3.26. The summed E-state index contributed by atoms with van der Waals surface area (Å²) in [6.45, 7) is 5.49. The molecule has 7 nitrogen and oxygen atoms in total. The van der Waals surface area contributed by atoms with Crippen LogP contribution in [0.25, 0.3) is 17.0 Å². The van der Waals surface area contributed by atoms with Gasteiger partial charge in [0.25, 0.3) is 0 Å². The number of aryl methyl sites for hydroxylation is 1. The van der Waals surface area contributed by atoms with Crippen molar-refractivity contribution in [1.29, 1.82) is 0 Å². The van der Waals surface area contributed by atoms with E-state index in [1.807, 2.05) is 30.3 Å². The predicted octanol–water partition coefficient (Wildman–Crippen LogP) is 5.69. The number of carbonyl (C=O) groups is 2. The smallest absolute Gasteiger partial charge is 0.374 e. The number of allylic oxidation sites excluding steroid dienone is 1. The molecule has 4 rings (SSSR count). The molecule has 36 heavy (non-hydrogen) atoms. The van der Waals surface area contributed by atoms with Crippen LogP contribution in [0.4, 0.5) is 0 Å². The van der Waals surface area contributed by atoms with Gasteiger partial charge in [0.1, 0.15) is 22.6 Å². The molecule has 0 aliphatic carbocycles. The van der Waals surface area contributed by atoms with Gasteiger partial charge in [-0.15, -0.1) is 0 Å². The molecule has 1 aliphatic rings. The van der Waals surface area contributed by atoms with Gasteiger partial charge in [-0.05, 0) is 75.2 Å². The fourth-order valence-electron chi connectivity index (χ4n) is 4.53. The molecule has 2 heterocycles. The van der Waals surface area contributed by atoms with Gasteiger partial charge in [-0.1, -0.05) is 24.6 Å². The highest BCUT2D eigenvalue weighted by molar-refractivity contribution is 6.16. The first-order valence-electron chi connectivity index (χ1n) is 12.4. The van der Waals surface area contributed by atoms with Crippen molar-refractivity contribution in [3.8, 4) is 11.5 Å². The third-order valence-corrected chi connectivity index (χ3v) is 6.55. The first-order valence-corrected chi connectivity index (χ1v) is 12.4. The number of hydrogen-bond donors (Lipinski definition) is 0. The Morgan fingerprint density at radius 3 is 2.47 bits per heavy atom. The van der Waals surface area contributed by atoms with Crippen LogP contribution in [0.5, 0.6) is 11.5 Å². The molecule has 1 aliphatic heterocycles. The highest BCUT2D eigenvalue weighted by Crippen LogP contribution is 2.35. The van der Waals surface area contributed by atoms with Crippen molar-refractivity contribution in [3.63, 3.8) is 0 Å². The first-order chi connectivity index (χ1) is 17.5. The zero-order valence-corrected chi connectivity index (χ0v) is 21.2. The lowest BCUT2D eigenvalue weighted by atomic mass is 10.0. The van der Waals surface area contributed by atoms with Crippen LogP contribution in [-0.4, -0.2) is 57.1 Å². The number of benzene rings is 2. The second kappa shape index (κ2) is 11.9. The molecule has 0 amide bonds. The number of ether oxygens (including phenoxy) is 3. The summed E-state index contributed by atoms with van der Waals surface area (Å²) in [4.78, 5) is 28.1. The van der Waals surface area contributed by atoms with Gasteiger partial charge in [-0.25, -0.2) is 4.79 Å². The lowest BCUT2D eigenvalue weighted by Gasteiger charge is -2.26. The number of fused-ring (bicyclic) bond motifs is 1. The van der Waals surface area contributed by atoms with E-state index in [4.69, 9.17) is 18.6 Å². The monoisotopic (exact) mass is 491 g/mol. The fraction of sp³-hybridized carbons (Fsp3) is 0.379. The molecule has 0 spiro atoms. The van der Waals surface area contributed by atoms with Crippen molar-refractivity contribution in [2.75, 3.05) is 40.5 Å². The zero-order chi connectivity index (χ0) is 25.5. The molecule has 0 radical (unpaired) electrons. The summed E-state index contributed by atoms with van der Waals surface area (Å²) in [5.41, 5.74) is 2.10. The Bertz CT molecular complexity index is 1230. The number of esters is 1. The number of nitrogens with zero attached hydrogens (tertiary/aromatic N) is 1. The van der Waals surface area contributed by atoms with E-state index in [1.165, 1.54) is 32.4 Å². The van der Waals surface area contributed by atoms with Gasteiger partial charge in [0, 0.05) is 17.5 Å². The minimum atomic E-state index is -0.583. The van der Waals surface area contributed by atoms with E-state index >= 15 is 0 Å². The van der Waals surface area contributed by atoms with Crippen LogP contribution in [0.2, 0.25) is 0 Å². The molecule has 0 atom stereocenters. The third-order valence-electron chi connectivity index (χ3n) is 6.55. The van der Waals surface area contributed by atoms with Gasteiger partial charge in [-0.2, -0.15) is 0 Å². The van der Waals surface area contributed by atoms with E-state index in [0.717, 1.165) is 37.4 Å². The molecular formula is C29H33NO6. The van der Waals surface area contributed by atoms with Gasteiger partial charge in [0.2, 0.25) is 5.76 Å². The summed E-state index contributed by atoms with van der Waals surface area (Å²) >= 11 is 0. The number of carbonyl (C=O) groups excluding carboxylic acids is 2. The Morgan fingerprint density at radius 1 is 1.03 bits per heavy atom. The van der Waals surface area contributed by atoms with E-state index < -0.39 is 5.97 Å². The number of rotatable bonds is 10. The van der Waals surface area contributed by atoms with E-state index in [0.29, 0.717) is 34.5 Å². The molecular weight excluding hydrogens is 458 g/mol. The molecule has 1 saturated heterocycles. The number of furan rings is 1. The van der Waals surface area contributed by atoms with E-state index in [9.17, 15) is 9.59 Å². The summed E-state index contributed by atoms with van der Waals surface area (Å²) in [5, 5.41) is 0.678. The van der Waals surface area contributed by atoms with Crippen LogP contribution in [0.3, 0.4) is 0 Å². The van der Waals surface area contributed by atoms with Crippen molar-refractivity contribution < 1.29 is 28.2 Å². The molecule has 0 saturated carbocycles. The van der Waals surface area contributed by atoms with Crippen molar-refractivity contribution in [2.24, 2.45) is 0 Å². The number of likely N-dealkylation sites (tertiary alicyclic amines) is 1. The summed E-state index contributed by atoms with van der Waals surface area (Å²) in [7, 11) is 2.91. The average molecular weight is 492 g/mol. The van der Waals surface area contributed by atoms with Crippen LogP contribution in [0.15, 0.2) is 46.9 Å². The Morgan fingerprint density at radius 2 is 1.78 bits per heavy atom. The van der Waals surface area contributed by atoms with Gasteiger partial charge >= 0.3 is 5.97 Å². The van der Waals surface area contributed by atoms with Gasteiger partial charge in [0.05, 0.1) is 20.8 Å².